The van der Waals surface area contributed by atoms with E-state index in [1.807, 2.05) is 68.4 Å². The van der Waals surface area contributed by atoms with Crippen LogP contribution in [0.25, 0.3) is 0 Å². The van der Waals surface area contributed by atoms with Crippen molar-refractivity contribution >= 4 is 11.9 Å². The summed E-state index contributed by atoms with van der Waals surface area (Å²) in [6.45, 7) is 3.79. The van der Waals surface area contributed by atoms with Crippen molar-refractivity contribution in [3.63, 3.8) is 0 Å². The minimum Gasteiger partial charge on any atom is -0.481 e. The van der Waals surface area contributed by atoms with Crippen LogP contribution in [-0.2, 0) is 20.7 Å². The first-order valence-corrected chi connectivity index (χ1v) is 10.7. The number of esters is 1. The third-order valence-electron chi connectivity index (χ3n) is 5.61. The lowest BCUT2D eigenvalue weighted by molar-refractivity contribution is -0.140. The van der Waals surface area contributed by atoms with Crippen molar-refractivity contribution in [1.82, 2.24) is 0 Å². The normalized spacial score (nSPS) is 20.4. The highest BCUT2D eigenvalue weighted by Crippen LogP contribution is 2.59. The number of carboxylic acid groups (broad SMARTS) is 1. The molecule has 2 aromatic rings. The van der Waals surface area contributed by atoms with E-state index in [1.165, 1.54) is 6.08 Å². The lowest BCUT2D eigenvalue weighted by Crippen LogP contribution is -2.03. The molecule has 2 atom stereocenters. The zero-order valence-electron chi connectivity index (χ0n) is 18.4. The van der Waals surface area contributed by atoms with E-state index < -0.39 is 5.97 Å². The molecule has 32 heavy (non-hydrogen) atoms. The lowest BCUT2D eigenvalue weighted by Gasteiger charge is -2.06. The van der Waals surface area contributed by atoms with E-state index in [1.54, 1.807) is 6.08 Å². The highest BCUT2D eigenvalue weighted by molar-refractivity contribution is 5.83. The van der Waals surface area contributed by atoms with Gasteiger partial charge in [0.15, 0.2) is 0 Å². The predicted molar refractivity (Wildman–Crippen MR) is 122 cm³/mol. The maximum absolute atomic E-state index is 11.3. The van der Waals surface area contributed by atoms with E-state index in [-0.39, 0.29) is 29.3 Å². The number of carboxylic acids is 1. The molecule has 166 valence electrons. The Bertz CT molecular complexity index is 1010. The SMILES string of the molecule is C#CCc1cccc(Oc2ccccc2)c1.CC1(C)[C@H](C(=O)O)[C@@H]1C=CC(=O)OC1CC1. The Hall–Kier alpha value is -3.52. The molecule has 1 N–H and O–H groups in total. The molecule has 0 heterocycles. The van der Waals surface area contributed by atoms with Gasteiger partial charge in [0.25, 0.3) is 0 Å². The first kappa shape index (κ1) is 23.1. The highest BCUT2D eigenvalue weighted by atomic mass is 16.5. The molecule has 0 spiro atoms. The van der Waals surface area contributed by atoms with E-state index in [4.69, 9.17) is 21.0 Å². The summed E-state index contributed by atoms with van der Waals surface area (Å²) in [5, 5.41) is 8.93. The molecule has 2 saturated carbocycles. The van der Waals surface area contributed by atoms with E-state index in [0.717, 1.165) is 29.9 Å². The number of hydrogen-bond donors (Lipinski definition) is 1. The van der Waals surface area contributed by atoms with Gasteiger partial charge in [-0.05, 0) is 54.0 Å². The van der Waals surface area contributed by atoms with Gasteiger partial charge in [0.1, 0.15) is 17.6 Å². The minimum atomic E-state index is -0.796. The first-order valence-electron chi connectivity index (χ1n) is 10.7. The van der Waals surface area contributed by atoms with Crippen LogP contribution in [0.1, 0.15) is 32.3 Å². The van der Waals surface area contributed by atoms with Crippen LogP contribution >= 0.6 is 0 Å². The van der Waals surface area contributed by atoms with E-state index >= 15 is 0 Å². The number of terminal acetylenes is 1. The first-order chi connectivity index (χ1) is 15.3. The summed E-state index contributed by atoms with van der Waals surface area (Å²) in [7, 11) is 0. The van der Waals surface area contributed by atoms with Crippen LogP contribution in [0.3, 0.4) is 0 Å². The maximum Gasteiger partial charge on any atom is 0.330 e. The molecule has 0 aromatic heterocycles. The molecule has 0 radical (unpaired) electrons. The fourth-order valence-electron chi connectivity index (χ4n) is 3.54. The standard InChI is InChI=1S/C15H12O.C12H16O4/c1-2-7-13-8-6-11-15(12-13)16-14-9-4-3-5-10-14;1-12(2)8(10(12)11(14)15)5-6-9(13)16-7-3-4-7/h1,3-6,8-12H,7H2;5-8,10H,3-4H2,1-2H3,(H,14,15)/t;8-,10-/m.0/s1. The van der Waals surface area contributed by atoms with Crippen molar-refractivity contribution < 1.29 is 24.2 Å². The fourth-order valence-corrected chi connectivity index (χ4v) is 3.54. The maximum atomic E-state index is 11.3. The topological polar surface area (TPSA) is 72.8 Å². The largest absolute Gasteiger partial charge is 0.481 e. The van der Waals surface area contributed by atoms with Crippen LogP contribution < -0.4 is 4.74 Å². The van der Waals surface area contributed by atoms with Crippen molar-refractivity contribution in [1.29, 1.82) is 0 Å². The second-order valence-electron chi connectivity index (χ2n) is 8.60. The number of allylic oxidation sites excluding steroid dienone is 1. The molecular weight excluding hydrogens is 404 g/mol. The van der Waals surface area contributed by atoms with Gasteiger partial charge in [-0.1, -0.05) is 50.3 Å². The van der Waals surface area contributed by atoms with E-state index in [9.17, 15) is 9.59 Å². The van der Waals surface area contributed by atoms with Gasteiger partial charge in [0.2, 0.25) is 0 Å². The van der Waals surface area contributed by atoms with Gasteiger partial charge in [0, 0.05) is 12.5 Å². The average molecular weight is 433 g/mol. The predicted octanol–water partition coefficient (Wildman–Crippen LogP) is 5.26. The van der Waals surface area contributed by atoms with Crippen LogP contribution in [0, 0.1) is 29.6 Å². The van der Waals surface area contributed by atoms with Crippen LogP contribution in [0.15, 0.2) is 66.7 Å². The molecule has 0 unspecified atom stereocenters. The van der Waals surface area contributed by atoms with Crippen molar-refractivity contribution in [3.8, 4) is 23.8 Å². The van der Waals surface area contributed by atoms with Crippen molar-refractivity contribution in [3.05, 3.63) is 72.3 Å². The molecule has 0 amide bonds. The zero-order chi connectivity index (χ0) is 23.1. The van der Waals surface area contributed by atoms with Gasteiger partial charge >= 0.3 is 11.9 Å². The van der Waals surface area contributed by atoms with Gasteiger partial charge in [-0.2, -0.15) is 0 Å². The summed E-state index contributed by atoms with van der Waals surface area (Å²) in [6, 6.07) is 17.5. The van der Waals surface area contributed by atoms with Crippen LogP contribution in [-0.4, -0.2) is 23.1 Å². The number of ether oxygens (including phenoxy) is 2. The van der Waals surface area contributed by atoms with Crippen LogP contribution in [0.4, 0.5) is 0 Å². The summed E-state index contributed by atoms with van der Waals surface area (Å²) >= 11 is 0. The molecule has 0 aliphatic heterocycles. The number of benzene rings is 2. The molecule has 2 aromatic carbocycles. The number of rotatable bonds is 7. The summed E-state index contributed by atoms with van der Waals surface area (Å²) in [5.74, 6) is 2.69. The van der Waals surface area contributed by atoms with Crippen LogP contribution in [0.5, 0.6) is 11.5 Å². The Kier molecular flexibility index (Phi) is 7.37. The number of carbonyl (C=O) groups excluding carboxylic acids is 1. The third-order valence-corrected chi connectivity index (χ3v) is 5.61. The molecular formula is C27H28O5. The molecule has 2 fully saturated rings. The molecule has 0 saturated heterocycles. The smallest absolute Gasteiger partial charge is 0.330 e. The fraction of sp³-hybridized carbons (Fsp3) is 0.333. The summed E-state index contributed by atoms with van der Waals surface area (Å²) < 4.78 is 10.7. The molecule has 5 nitrogen and oxygen atoms in total. The molecule has 2 aliphatic carbocycles. The van der Waals surface area contributed by atoms with E-state index in [0.29, 0.717) is 6.42 Å². The van der Waals surface area contributed by atoms with Gasteiger partial charge in [-0.15, -0.1) is 12.3 Å². The Morgan fingerprint density at radius 2 is 1.81 bits per heavy atom. The van der Waals surface area contributed by atoms with Gasteiger partial charge < -0.3 is 14.6 Å². The zero-order valence-corrected chi connectivity index (χ0v) is 18.4. The van der Waals surface area contributed by atoms with Gasteiger partial charge in [-0.25, -0.2) is 4.79 Å². The average Bonchev–Trinajstić information content (AvgIpc) is 3.65. The highest BCUT2D eigenvalue weighted by Gasteiger charge is 2.60. The number of para-hydroxylation sites is 1. The Balaban J connectivity index is 0.000000181. The van der Waals surface area contributed by atoms with Gasteiger partial charge in [-0.3, -0.25) is 4.79 Å². The van der Waals surface area contributed by atoms with Crippen molar-refractivity contribution in [2.24, 2.45) is 17.3 Å². The summed E-state index contributed by atoms with van der Waals surface area (Å²) in [6.07, 6.45) is 10.9. The van der Waals surface area contributed by atoms with Gasteiger partial charge in [0.05, 0.1) is 5.92 Å². The monoisotopic (exact) mass is 432 g/mol. The van der Waals surface area contributed by atoms with Crippen molar-refractivity contribution in [2.75, 3.05) is 0 Å². The van der Waals surface area contributed by atoms with Crippen molar-refractivity contribution in [2.45, 2.75) is 39.2 Å². The molecule has 2 aliphatic rings. The molecule has 5 heteroatoms. The van der Waals surface area contributed by atoms with Crippen LogP contribution in [0.2, 0.25) is 0 Å². The second-order valence-corrected chi connectivity index (χ2v) is 8.60. The summed E-state index contributed by atoms with van der Waals surface area (Å²) in [5.41, 5.74) is 0.846. The Morgan fingerprint density at radius 3 is 2.41 bits per heavy atom. The number of aliphatic carboxylic acids is 1. The number of carbonyl (C=O) groups is 2. The molecule has 4 rings (SSSR count). The third kappa shape index (κ3) is 6.49. The lowest BCUT2D eigenvalue weighted by atomic mass is 10.1. The summed E-state index contributed by atoms with van der Waals surface area (Å²) in [4.78, 5) is 22.1. The Morgan fingerprint density at radius 1 is 1.12 bits per heavy atom. The number of hydrogen-bond acceptors (Lipinski definition) is 4. The molecule has 0 bridgehead atoms. The second kappa shape index (κ2) is 10.2. The quantitative estimate of drug-likeness (QED) is 0.367. The van der Waals surface area contributed by atoms with E-state index in [2.05, 4.69) is 5.92 Å². The minimum absolute atomic E-state index is 0.0586. The Labute approximate surface area is 189 Å².